The van der Waals surface area contributed by atoms with Crippen molar-refractivity contribution >= 4 is 11.9 Å². The Morgan fingerprint density at radius 1 is 1.26 bits per heavy atom. The van der Waals surface area contributed by atoms with Gasteiger partial charge in [0.15, 0.2) is 0 Å². The smallest absolute Gasteiger partial charge is 0.307 e. The molecule has 1 saturated heterocycles. The summed E-state index contributed by atoms with van der Waals surface area (Å²) in [5, 5.41) is 9.23. The molecule has 0 bridgehead atoms. The number of allylic oxidation sites excluding steroid dienone is 2. The minimum absolute atomic E-state index is 0.0480. The Hall–Kier alpha value is -1.36. The lowest BCUT2D eigenvalue weighted by Gasteiger charge is -2.40. The molecule has 1 heterocycles. The van der Waals surface area contributed by atoms with E-state index in [4.69, 9.17) is 4.74 Å². The number of aliphatic carboxylic acids is 1. The van der Waals surface area contributed by atoms with E-state index in [2.05, 4.69) is 0 Å². The van der Waals surface area contributed by atoms with Gasteiger partial charge < -0.3 is 14.7 Å². The molecule has 19 heavy (non-hydrogen) atoms. The first-order valence-electron chi connectivity index (χ1n) is 6.71. The first kappa shape index (κ1) is 14.1. The van der Waals surface area contributed by atoms with E-state index in [-0.39, 0.29) is 11.5 Å². The van der Waals surface area contributed by atoms with Crippen LogP contribution in [0, 0.1) is 11.8 Å². The fourth-order valence-electron chi connectivity index (χ4n) is 2.80. The van der Waals surface area contributed by atoms with Crippen LogP contribution in [0.25, 0.3) is 0 Å². The van der Waals surface area contributed by atoms with Crippen LogP contribution in [-0.2, 0) is 14.3 Å². The second kappa shape index (κ2) is 5.33. The van der Waals surface area contributed by atoms with E-state index in [0.717, 1.165) is 0 Å². The standard InChI is InChI=1S/C14H21NO4/c1-14(2)9-15(7-8-19-14)12(16)10-5-3-4-6-11(10)13(17)18/h3-4,10-11H,5-9H2,1-2H3,(H,17,18). The summed E-state index contributed by atoms with van der Waals surface area (Å²) in [5.74, 6) is -1.96. The zero-order chi connectivity index (χ0) is 14.0. The van der Waals surface area contributed by atoms with Crippen LogP contribution in [0.1, 0.15) is 26.7 Å². The lowest BCUT2D eigenvalue weighted by molar-refractivity contribution is -0.157. The Morgan fingerprint density at radius 3 is 2.47 bits per heavy atom. The van der Waals surface area contributed by atoms with E-state index < -0.39 is 17.8 Å². The fourth-order valence-corrected chi connectivity index (χ4v) is 2.80. The third-order valence-corrected chi connectivity index (χ3v) is 3.80. The second-order valence-corrected chi connectivity index (χ2v) is 5.86. The number of carboxylic acid groups (broad SMARTS) is 1. The maximum Gasteiger partial charge on any atom is 0.307 e. The van der Waals surface area contributed by atoms with Gasteiger partial charge in [-0.3, -0.25) is 9.59 Å². The SMILES string of the molecule is CC1(C)CN(C(=O)C2CC=CCC2C(=O)O)CCO1. The lowest BCUT2D eigenvalue weighted by Crippen LogP contribution is -2.53. The average molecular weight is 267 g/mol. The van der Waals surface area contributed by atoms with E-state index in [1.807, 2.05) is 26.0 Å². The summed E-state index contributed by atoms with van der Waals surface area (Å²) < 4.78 is 5.58. The molecule has 1 amide bonds. The van der Waals surface area contributed by atoms with Crippen molar-refractivity contribution in [2.75, 3.05) is 19.7 Å². The Kier molecular flexibility index (Phi) is 3.94. The number of hydrogen-bond acceptors (Lipinski definition) is 3. The normalized spacial score (nSPS) is 30.1. The van der Waals surface area contributed by atoms with Gasteiger partial charge in [-0.15, -0.1) is 0 Å². The monoisotopic (exact) mass is 267 g/mol. The van der Waals surface area contributed by atoms with Gasteiger partial charge in [-0.2, -0.15) is 0 Å². The van der Waals surface area contributed by atoms with Crippen molar-refractivity contribution < 1.29 is 19.4 Å². The number of nitrogens with zero attached hydrogens (tertiary/aromatic N) is 1. The van der Waals surface area contributed by atoms with Gasteiger partial charge in [0.25, 0.3) is 0 Å². The van der Waals surface area contributed by atoms with E-state index in [0.29, 0.717) is 32.5 Å². The van der Waals surface area contributed by atoms with Gasteiger partial charge in [0, 0.05) is 13.1 Å². The van der Waals surface area contributed by atoms with E-state index in [1.54, 1.807) is 4.90 Å². The maximum atomic E-state index is 12.5. The summed E-state index contributed by atoms with van der Waals surface area (Å²) >= 11 is 0. The van der Waals surface area contributed by atoms with Crippen molar-refractivity contribution in [1.82, 2.24) is 4.90 Å². The molecule has 0 radical (unpaired) electrons. The van der Waals surface area contributed by atoms with E-state index in [9.17, 15) is 14.7 Å². The van der Waals surface area contributed by atoms with Gasteiger partial charge in [-0.1, -0.05) is 12.2 Å². The molecule has 2 unspecified atom stereocenters. The molecular weight excluding hydrogens is 246 g/mol. The van der Waals surface area contributed by atoms with Gasteiger partial charge in [-0.05, 0) is 26.7 Å². The maximum absolute atomic E-state index is 12.5. The first-order valence-corrected chi connectivity index (χ1v) is 6.71. The number of carboxylic acids is 1. The molecule has 0 saturated carbocycles. The van der Waals surface area contributed by atoms with Gasteiger partial charge in [0.1, 0.15) is 0 Å². The number of carbonyl (C=O) groups is 2. The topological polar surface area (TPSA) is 66.8 Å². The molecule has 1 fully saturated rings. The highest BCUT2D eigenvalue weighted by molar-refractivity contribution is 5.85. The quantitative estimate of drug-likeness (QED) is 0.766. The molecule has 5 heteroatoms. The second-order valence-electron chi connectivity index (χ2n) is 5.86. The van der Waals surface area contributed by atoms with Gasteiger partial charge in [0.2, 0.25) is 5.91 Å². The van der Waals surface area contributed by atoms with Crippen LogP contribution in [0.15, 0.2) is 12.2 Å². The van der Waals surface area contributed by atoms with Crippen molar-refractivity contribution in [2.24, 2.45) is 11.8 Å². The molecule has 1 aliphatic heterocycles. The number of morpholine rings is 1. The number of carbonyl (C=O) groups excluding carboxylic acids is 1. The molecule has 0 aromatic rings. The summed E-state index contributed by atoms with van der Waals surface area (Å²) in [4.78, 5) is 25.5. The summed E-state index contributed by atoms with van der Waals surface area (Å²) in [6.45, 7) is 5.48. The molecule has 0 aromatic heterocycles. The van der Waals surface area contributed by atoms with Crippen LogP contribution in [0.5, 0.6) is 0 Å². The van der Waals surface area contributed by atoms with E-state index in [1.165, 1.54) is 0 Å². The zero-order valence-electron chi connectivity index (χ0n) is 11.5. The van der Waals surface area contributed by atoms with Crippen molar-refractivity contribution in [3.8, 4) is 0 Å². The van der Waals surface area contributed by atoms with E-state index >= 15 is 0 Å². The fraction of sp³-hybridized carbons (Fsp3) is 0.714. The minimum atomic E-state index is -0.879. The Bertz CT molecular complexity index is 402. The molecule has 0 spiro atoms. The molecule has 5 nitrogen and oxygen atoms in total. The van der Waals surface area contributed by atoms with Crippen LogP contribution in [-0.4, -0.2) is 47.2 Å². The third-order valence-electron chi connectivity index (χ3n) is 3.80. The summed E-state index contributed by atoms with van der Waals surface area (Å²) in [7, 11) is 0. The summed E-state index contributed by atoms with van der Waals surface area (Å²) in [5.41, 5.74) is -0.350. The number of hydrogen-bond donors (Lipinski definition) is 1. The number of amides is 1. The summed E-state index contributed by atoms with van der Waals surface area (Å²) in [6.07, 6.45) is 4.73. The van der Waals surface area contributed by atoms with Crippen LogP contribution < -0.4 is 0 Å². The lowest BCUT2D eigenvalue weighted by atomic mass is 9.82. The van der Waals surface area contributed by atoms with Gasteiger partial charge in [-0.25, -0.2) is 0 Å². The zero-order valence-corrected chi connectivity index (χ0v) is 11.5. The van der Waals surface area contributed by atoms with Gasteiger partial charge in [0.05, 0.1) is 24.0 Å². The molecule has 2 rings (SSSR count). The molecule has 0 aromatic carbocycles. The molecule has 2 atom stereocenters. The van der Waals surface area contributed by atoms with Gasteiger partial charge >= 0.3 is 5.97 Å². The summed E-state index contributed by atoms with van der Waals surface area (Å²) in [6, 6.07) is 0. The highest BCUT2D eigenvalue weighted by atomic mass is 16.5. The van der Waals surface area contributed by atoms with Crippen molar-refractivity contribution in [3.63, 3.8) is 0 Å². The van der Waals surface area contributed by atoms with Crippen molar-refractivity contribution in [3.05, 3.63) is 12.2 Å². The van der Waals surface area contributed by atoms with Crippen molar-refractivity contribution in [1.29, 1.82) is 0 Å². The Balaban J connectivity index is 2.09. The predicted octanol–water partition coefficient (Wildman–Crippen LogP) is 1.29. The Labute approximate surface area is 113 Å². The third kappa shape index (κ3) is 3.15. The number of rotatable bonds is 2. The molecule has 2 aliphatic rings. The van der Waals surface area contributed by atoms with Crippen molar-refractivity contribution in [2.45, 2.75) is 32.3 Å². The van der Waals surface area contributed by atoms with Crippen LogP contribution in [0.4, 0.5) is 0 Å². The molecule has 106 valence electrons. The largest absolute Gasteiger partial charge is 0.481 e. The van der Waals surface area contributed by atoms with Crippen LogP contribution >= 0.6 is 0 Å². The predicted molar refractivity (Wildman–Crippen MR) is 69.6 cm³/mol. The van der Waals surface area contributed by atoms with Crippen LogP contribution in [0.3, 0.4) is 0 Å². The average Bonchev–Trinajstić information content (AvgIpc) is 2.36. The highest BCUT2D eigenvalue weighted by Crippen LogP contribution is 2.29. The first-order chi connectivity index (χ1) is 8.91. The highest BCUT2D eigenvalue weighted by Gasteiger charge is 2.39. The number of ether oxygens (including phenoxy) is 1. The van der Waals surface area contributed by atoms with Crippen LogP contribution in [0.2, 0.25) is 0 Å². The minimum Gasteiger partial charge on any atom is -0.481 e. The molecule has 1 N–H and O–H groups in total. The molecular formula is C14H21NO4. The Morgan fingerprint density at radius 2 is 1.89 bits per heavy atom. The molecule has 1 aliphatic carbocycles.